The number of nitrogens with two attached hydrogens (primary N) is 1. The molecular weight excluding hydrogens is 380 g/mol. The maximum Gasteiger partial charge on any atom is 0.113 e. The number of likely N-dealkylation sites (N-methyl/N-ethyl adjacent to an activating group) is 1. The first-order valence-electron chi connectivity index (χ1n) is 12.4. The van der Waals surface area contributed by atoms with Crippen LogP contribution in [0.25, 0.3) is 21.8 Å². The minimum Gasteiger partial charge on any atom is -0.321 e. The minimum atomic E-state index is 0.139. The lowest BCUT2D eigenvalue weighted by atomic mass is 9.93. The van der Waals surface area contributed by atoms with Crippen molar-refractivity contribution < 1.29 is 0 Å². The molecule has 2 N–H and O–H groups in total. The molecule has 5 rings (SSSR count). The average Bonchev–Trinajstić information content (AvgIpc) is 3.17. The standard InChI is InChI=1S/C27H38N4/c1-29(21-12-4-2-5-13-21)20-27(31(28)22-14-6-3-7-15-22)30-25-18-10-8-16-23(25)24-17-9-11-19-26(24)30/h8-11,16-19,21-22,27H,2-7,12-15,20,28H2,1H3. The second kappa shape index (κ2) is 9.32. The predicted molar refractivity (Wildman–Crippen MR) is 131 cm³/mol. The van der Waals surface area contributed by atoms with Gasteiger partial charge in [0.2, 0.25) is 0 Å². The number of rotatable bonds is 6. The molecule has 0 spiro atoms. The van der Waals surface area contributed by atoms with E-state index in [-0.39, 0.29) is 6.17 Å². The molecule has 2 aliphatic carbocycles. The Morgan fingerprint density at radius 2 is 1.26 bits per heavy atom. The van der Waals surface area contributed by atoms with Gasteiger partial charge < -0.3 is 4.57 Å². The summed E-state index contributed by atoms with van der Waals surface area (Å²) in [5.41, 5.74) is 2.61. The van der Waals surface area contributed by atoms with Crippen LogP contribution in [0.15, 0.2) is 48.5 Å². The van der Waals surface area contributed by atoms with Gasteiger partial charge in [-0.3, -0.25) is 10.7 Å². The minimum absolute atomic E-state index is 0.139. The fraction of sp³-hybridized carbons (Fsp3) is 0.556. The normalized spacial score (nSPS) is 20.3. The van der Waals surface area contributed by atoms with Gasteiger partial charge in [0, 0.05) is 29.4 Å². The Kier molecular flexibility index (Phi) is 6.31. The monoisotopic (exact) mass is 418 g/mol. The van der Waals surface area contributed by atoms with Gasteiger partial charge in [-0.2, -0.15) is 0 Å². The Bertz CT molecular complexity index is 944. The van der Waals surface area contributed by atoms with Crippen molar-refractivity contribution in [2.75, 3.05) is 13.6 Å². The Morgan fingerprint density at radius 1 is 0.774 bits per heavy atom. The summed E-state index contributed by atoms with van der Waals surface area (Å²) in [5.74, 6) is 7.03. The Morgan fingerprint density at radius 3 is 1.81 bits per heavy atom. The molecule has 2 aromatic carbocycles. The lowest BCUT2D eigenvalue weighted by molar-refractivity contribution is 0.0332. The lowest BCUT2D eigenvalue weighted by Crippen LogP contribution is -2.51. The summed E-state index contributed by atoms with van der Waals surface area (Å²) in [4.78, 5) is 2.61. The van der Waals surface area contributed by atoms with Crippen LogP contribution >= 0.6 is 0 Å². The van der Waals surface area contributed by atoms with Crippen molar-refractivity contribution in [3.8, 4) is 0 Å². The van der Waals surface area contributed by atoms with Gasteiger partial charge in [-0.15, -0.1) is 0 Å². The SMILES string of the molecule is CN(CC(N(N)C1CCCCC1)n1c2ccccc2c2ccccc21)C1CCCCC1. The first-order chi connectivity index (χ1) is 15.2. The highest BCUT2D eigenvalue weighted by Crippen LogP contribution is 2.35. The van der Waals surface area contributed by atoms with Crippen LogP contribution < -0.4 is 5.84 Å². The van der Waals surface area contributed by atoms with E-state index < -0.39 is 0 Å². The van der Waals surface area contributed by atoms with Gasteiger partial charge >= 0.3 is 0 Å². The van der Waals surface area contributed by atoms with E-state index in [1.807, 2.05) is 0 Å². The fourth-order valence-electron chi connectivity index (χ4n) is 6.13. The van der Waals surface area contributed by atoms with Crippen LogP contribution in [0.3, 0.4) is 0 Å². The van der Waals surface area contributed by atoms with Crippen LogP contribution in [-0.2, 0) is 0 Å². The van der Waals surface area contributed by atoms with Gasteiger partial charge in [0.05, 0.1) is 11.0 Å². The fourth-order valence-corrected chi connectivity index (χ4v) is 6.13. The topological polar surface area (TPSA) is 37.4 Å². The zero-order valence-corrected chi connectivity index (χ0v) is 19.0. The van der Waals surface area contributed by atoms with E-state index in [1.54, 1.807) is 0 Å². The summed E-state index contributed by atoms with van der Waals surface area (Å²) in [7, 11) is 2.32. The van der Waals surface area contributed by atoms with Crippen LogP contribution in [-0.4, -0.2) is 40.2 Å². The molecule has 3 aromatic rings. The Balaban J connectivity index is 1.57. The molecule has 2 fully saturated rings. The van der Waals surface area contributed by atoms with Crippen molar-refractivity contribution in [2.24, 2.45) is 5.84 Å². The van der Waals surface area contributed by atoms with Crippen LogP contribution in [0.5, 0.6) is 0 Å². The van der Waals surface area contributed by atoms with Gasteiger partial charge in [0.1, 0.15) is 6.17 Å². The molecule has 0 bridgehead atoms. The molecule has 4 heteroatoms. The number of benzene rings is 2. The van der Waals surface area contributed by atoms with Crippen LogP contribution in [0.4, 0.5) is 0 Å². The lowest BCUT2D eigenvalue weighted by Gasteiger charge is -2.41. The summed E-state index contributed by atoms with van der Waals surface area (Å²) in [5, 5.41) is 4.90. The molecule has 0 radical (unpaired) electrons. The highest BCUT2D eigenvalue weighted by atomic mass is 15.5. The number of aromatic nitrogens is 1. The largest absolute Gasteiger partial charge is 0.321 e. The van der Waals surface area contributed by atoms with Crippen LogP contribution in [0.2, 0.25) is 0 Å². The number of hydrogen-bond acceptors (Lipinski definition) is 3. The van der Waals surface area contributed by atoms with Crippen molar-refractivity contribution in [2.45, 2.75) is 82.5 Å². The van der Waals surface area contributed by atoms with E-state index in [4.69, 9.17) is 5.84 Å². The first-order valence-corrected chi connectivity index (χ1v) is 12.4. The van der Waals surface area contributed by atoms with Crippen molar-refractivity contribution in [1.29, 1.82) is 0 Å². The molecule has 0 saturated heterocycles. The molecule has 0 aliphatic heterocycles. The summed E-state index contributed by atoms with van der Waals surface area (Å²) in [6.45, 7) is 0.973. The Labute approximate surface area is 187 Å². The van der Waals surface area contributed by atoms with Crippen LogP contribution in [0.1, 0.15) is 70.4 Å². The predicted octanol–water partition coefficient (Wildman–Crippen LogP) is 6.07. The first kappa shape index (κ1) is 21.0. The average molecular weight is 419 g/mol. The molecule has 1 aromatic heterocycles. The second-order valence-electron chi connectivity index (χ2n) is 9.86. The highest BCUT2D eigenvalue weighted by molar-refractivity contribution is 6.08. The quantitative estimate of drug-likeness (QED) is 0.390. The zero-order valence-electron chi connectivity index (χ0n) is 19.0. The molecule has 4 nitrogen and oxygen atoms in total. The molecule has 1 heterocycles. The molecular formula is C27H38N4. The Hall–Kier alpha value is -1.88. The van der Waals surface area contributed by atoms with Gasteiger partial charge in [0.15, 0.2) is 0 Å². The molecule has 1 unspecified atom stereocenters. The van der Waals surface area contributed by atoms with E-state index >= 15 is 0 Å². The zero-order chi connectivity index (χ0) is 21.2. The number of para-hydroxylation sites is 2. The third-order valence-electron chi connectivity index (χ3n) is 7.91. The van der Waals surface area contributed by atoms with Gasteiger partial charge in [0.25, 0.3) is 0 Å². The van der Waals surface area contributed by atoms with Crippen LogP contribution in [0, 0.1) is 0 Å². The molecule has 1 atom stereocenters. The van der Waals surface area contributed by atoms with Gasteiger partial charge in [-0.25, -0.2) is 5.01 Å². The third kappa shape index (κ3) is 4.13. The van der Waals surface area contributed by atoms with E-state index in [9.17, 15) is 0 Å². The summed E-state index contributed by atoms with van der Waals surface area (Å²) in [6, 6.07) is 18.9. The number of hydrogen-bond donors (Lipinski definition) is 1. The molecule has 31 heavy (non-hydrogen) atoms. The summed E-state index contributed by atoms with van der Waals surface area (Å²) < 4.78 is 2.54. The van der Waals surface area contributed by atoms with E-state index in [0.29, 0.717) is 12.1 Å². The molecule has 166 valence electrons. The second-order valence-corrected chi connectivity index (χ2v) is 9.86. The van der Waals surface area contributed by atoms with Gasteiger partial charge in [-0.05, 0) is 44.9 Å². The maximum absolute atomic E-state index is 7.03. The van der Waals surface area contributed by atoms with Crippen molar-refractivity contribution >= 4 is 21.8 Å². The summed E-state index contributed by atoms with van der Waals surface area (Å²) >= 11 is 0. The van der Waals surface area contributed by atoms with Gasteiger partial charge in [-0.1, -0.05) is 74.9 Å². The van der Waals surface area contributed by atoms with Crippen molar-refractivity contribution in [3.63, 3.8) is 0 Å². The van der Waals surface area contributed by atoms with Crippen molar-refractivity contribution in [1.82, 2.24) is 14.5 Å². The molecule has 2 saturated carbocycles. The number of fused-ring (bicyclic) bond motifs is 3. The van der Waals surface area contributed by atoms with E-state index in [2.05, 4.69) is 70.1 Å². The summed E-state index contributed by atoms with van der Waals surface area (Å²) in [6.07, 6.45) is 13.3. The number of nitrogens with zero attached hydrogens (tertiary/aromatic N) is 3. The molecule has 2 aliphatic rings. The van der Waals surface area contributed by atoms with E-state index in [0.717, 1.165) is 6.54 Å². The molecule has 0 amide bonds. The maximum atomic E-state index is 7.03. The third-order valence-corrected chi connectivity index (χ3v) is 7.91. The van der Waals surface area contributed by atoms with E-state index in [1.165, 1.54) is 86.0 Å². The highest BCUT2D eigenvalue weighted by Gasteiger charge is 2.31. The smallest absolute Gasteiger partial charge is 0.113 e. The van der Waals surface area contributed by atoms with Crippen molar-refractivity contribution in [3.05, 3.63) is 48.5 Å². The number of hydrazine groups is 1.